The highest BCUT2D eigenvalue weighted by molar-refractivity contribution is 7.71. The summed E-state index contributed by atoms with van der Waals surface area (Å²) in [5, 5.41) is 3.84. The van der Waals surface area contributed by atoms with Gasteiger partial charge >= 0.3 is 0 Å². The smallest absolute Gasteiger partial charge is 0.248 e. The molecule has 1 aromatic carbocycles. The van der Waals surface area contributed by atoms with Crippen LogP contribution >= 0.6 is 12.2 Å². The van der Waals surface area contributed by atoms with Gasteiger partial charge in [-0.2, -0.15) is 0 Å². The third-order valence-corrected chi connectivity index (χ3v) is 3.35. The summed E-state index contributed by atoms with van der Waals surface area (Å²) in [4.78, 5) is 16.2. The monoisotopic (exact) mass is 245 g/mol. The molecule has 1 aliphatic rings. The fraction of sp³-hybridized carbons (Fsp3) is 0.250. The second-order valence-electron chi connectivity index (χ2n) is 4.04. The standard InChI is InChI=1S/C12H11N3OS/c1-2-9-11(16)14-10-7-5-3-4-6-8(7)13-12(17)15(9)10/h3-6,9H,2H2,1H3,(H,14,16). The molecule has 0 aliphatic carbocycles. The van der Waals surface area contributed by atoms with E-state index in [0.717, 1.165) is 16.7 Å². The van der Waals surface area contributed by atoms with E-state index in [-0.39, 0.29) is 11.9 Å². The van der Waals surface area contributed by atoms with Crippen LogP contribution in [0.2, 0.25) is 0 Å². The molecule has 1 amide bonds. The van der Waals surface area contributed by atoms with Crippen molar-refractivity contribution in [3.8, 4) is 0 Å². The van der Waals surface area contributed by atoms with Crippen LogP contribution in [-0.2, 0) is 4.79 Å². The minimum absolute atomic E-state index is 0.00301. The molecule has 0 saturated heterocycles. The second kappa shape index (κ2) is 3.63. The van der Waals surface area contributed by atoms with E-state index in [1.54, 1.807) is 0 Å². The first-order valence-corrected chi connectivity index (χ1v) is 5.95. The van der Waals surface area contributed by atoms with E-state index < -0.39 is 0 Å². The molecule has 5 heteroatoms. The Kier molecular flexibility index (Phi) is 2.22. The van der Waals surface area contributed by atoms with Gasteiger partial charge in [0.15, 0.2) is 0 Å². The Hall–Kier alpha value is -1.75. The summed E-state index contributed by atoms with van der Waals surface area (Å²) in [5.41, 5.74) is 0.820. The SMILES string of the molecule is CCC1C(=O)Nc2c3ccccc3nc(=S)n21. The van der Waals surface area contributed by atoms with Crippen LogP contribution in [0.5, 0.6) is 0 Å². The topological polar surface area (TPSA) is 46.9 Å². The number of fused-ring (bicyclic) bond motifs is 3. The maximum atomic E-state index is 11.9. The molecular weight excluding hydrogens is 234 g/mol. The molecule has 0 bridgehead atoms. The quantitative estimate of drug-likeness (QED) is 0.786. The van der Waals surface area contributed by atoms with Crippen LogP contribution in [0.15, 0.2) is 24.3 Å². The van der Waals surface area contributed by atoms with Gasteiger partial charge in [-0.15, -0.1) is 0 Å². The van der Waals surface area contributed by atoms with Gasteiger partial charge in [0.25, 0.3) is 0 Å². The van der Waals surface area contributed by atoms with Crippen molar-refractivity contribution in [2.45, 2.75) is 19.4 Å². The first-order chi connectivity index (χ1) is 8.22. The molecule has 0 spiro atoms. The summed E-state index contributed by atoms with van der Waals surface area (Å²) in [6.07, 6.45) is 0.715. The van der Waals surface area contributed by atoms with Gasteiger partial charge in [-0.3, -0.25) is 9.36 Å². The number of benzene rings is 1. The molecule has 1 aliphatic heterocycles. The molecule has 1 atom stereocenters. The van der Waals surface area contributed by atoms with E-state index in [0.29, 0.717) is 11.2 Å². The Morgan fingerprint density at radius 2 is 2.24 bits per heavy atom. The third-order valence-electron chi connectivity index (χ3n) is 3.06. The molecule has 3 rings (SSSR count). The van der Waals surface area contributed by atoms with Gasteiger partial charge in [0, 0.05) is 5.39 Å². The van der Waals surface area contributed by atoms with Gasteiger partial charge in [-0.05, 0) is 30.8 Å². The van der Waals surface area contributed by atoms with Crippen molar-refractivity contribution in [2.75, 3.05) is 5.32 Å². The minimum Gasteiger partial charge on any atom is -0.310 e. The van der Waals surface area contributed by atoms with Crippen LogP contribution in [-0.4, -0.2) is 15.5 Å². The van der Waals surface area contributed by atoms with Gasteiger partial charge < -0.3 is 5.32 Å². The lowest BCUT2D eigenvalue weighted by Crippen LogP contribution is -2.14. The second-order valence-corrected chi connectivity index (χ2v) is 4.41. The summed E-state index contributed by atoms with van der Waals surface area (Å²) >= 11 is 5.26. The maximum absolute atomic E-state index is 11.9. The summed E-state index contributed by atoms with van der Waals surface area (Å²) < 4.78 is 2.28. The van der Waals surface area contributed by atoms with Gasteiger partial charge in [-0.25, -0.2) is 4.98 Å². The van der Waals surface area contributed by atoms with Crippen molar-refractivity contribution < 1.29 is 4.79 Å². The number of carbonyl (C=O) groups is 1. The zero-order valence-corrected chi connectivity index (χ0v) is 10.1. The Balaban J connectivity index is 2.41. The molecule has 1 unspecified atom stereocenters. The van der Waals surface area contributed by atoms with E-state index in [4.69, 9.17) is 12.2 Å². The molecule has 0 saturated carbocycles. The number of nitrogens with one attached hydrogen (secondary N) is 1. The van der Waals surface area contributed by atoms with Crippen molar-refractivity contribution in [1.82, 2.24) is 9.55 Å². The first kappa shape index (κ1) is 10.4. The highest BCUT2D eigenvalue weighted by atomic mass is 32.1. The Morgan fingerprint density at radius 3 is 3.00 bits per heavy atom. The average Bonchev–Trinajstić information content (AvgIpc) is 2.66. The lowest BCUT2D eigenvalue weighted by Gasteiger charge is -2.10. The van der Waals surface area contributed by atoms with Gasteiger partial charge in [0.05, 0.1) is 5.52 Å². The molecule has 0 fully saturated rings. The molecule has 4 nitrogen and oxygen atoms in total. The number of amides is 1. The fourth-order valence-electron chi connectivity index (χ4n) is 2.26. The predicted octanol–water partition coefficient (Wildman–Crippen LogP) is 2.67. The molecule has 0 radical (unpaired) electrons. The zero-order chi connectivity index (χ0) is 12.0. The van der Waals surface area contributed by atoms with Crippen molar-refractivity contribution in [3.05, 3.63) is 29.0 Å². The third kappa shape index (κ3) is 1.39. The number of aromatic nitrogens is 2. The Labute approximate surface area is 103 Å². The molecule has 2 heterocycles. The zero-order valence-electron chi connectivity index (χ0n) is 9.30. The molecule has 1 N–H and O–H groups in total. The van der Waals surface area contributed by atoms with E-state index in [2.05, 4.69) is 10.3 Å². The molecule has 1 aromatic heterocycles. The summed E-state index contributed by atoms with van der Waals surface area (Å²) in [6, 6.07) is 7.46. The van der Waals surface area contributed by atoms with Crippen molar-refractivity contribution >= 4 is 34.8 Å². The van der Waals surface area contributed by atoms with E-state index in [9.17, 15) is 4.79 Å². The van der Waals surface area contributed by atoms with Gasteiger partial charge in [0.2, 0.25) is 10.7 Å². The van der Waals surface area contributed by atoms with Crippen molar-refractivity contribution in [3.63, 3.8) is 0 Å². The largest absolute Gasteiger partial charge is 0.310 e. The van der Waals surface area contributed by atoms with Crippen LogP contribution in [0.1, 0.15) is 19.4 Å². The lowest BCUT2D eigenvalue weighted by atomic mass is 10.2. The number of anilines is 1. The highest BCUT2D eigenvalue weighted by Gasteiger charge is 2.30. The minimum atomic E-state index is -0.227. The number of carbonyl (C=O) groups excluding carboxylic acids is 1. The van der Waals surface area contributed by atoms with Gasteiger partial charge in [-0.1, -0.05) is 19.1 Å². The van der Waals surface area contributed by atoms with Crippen LogP contribution in [0.3, 0.4) is 0 Å². The number of rotatable bonds is 1. The number of para-hydroxylation sites is 1. The number of hydrogen-bond acceptors (Lipinski definition) is 3. The molecule has 86 valence electrons. The van der Waals surface area contributed by atoms with Crippen LogP contribution in [0, 0.1) is 4.77 Å². The summed E-state index contributed by atoms with van der Waals surface area (Å²) in [6.45, 7) is 1.97. The van der Waals surface area contributed by atoms with Crippen molar-refractivity contribution in [1.29, 1.82) is 0 Å². The molecular formula is C12H11N3OS. The van der Waals surface area contributed by atoms with Crippen LogP contribution in [0.4, 0.5) is 5.82 Å². The Morgan fingerprint density at radius 1 is 1.47 bits per heavy atom. The first-order valence-electron chi connectivity index (χ1n) is 5.54. The van der Waals surface area contributed by atoms with Crippen molar-refractivity contribution in [2.24, 2.45) is 0 Å². The molecule has 17 heavy (non-hydrogen) atoms. The maximum Gasteiger partial charge on any atom is 0.248 e. The van der Waals surface area contributed by atoms with Crippen LogP contribution < -0.4 is 5.32 Å². The van der Waals surface area contributed by atoms with E-state index >= 15 is 0 Å². The Bertz CT molecular complexity index is 677. The summed E-state index contributed by atoms with van der Waals surface area (Å²) in [7, 11) is 0. The lowest BCUT2D eigenvalue weighted by molar-refractivity contribution is -0.118. The van der Waals surface area contributed by atoms with E-state index in [1.807, 2.05) is 35.8 Å². The van der Waals surface area contributed by atoms with E-state index in [1.165, 1.54) is 0 Å². The number of nitrogens with zero attached hydrogens (tertiary/aromatic N) is 2. The van der Waals surface area contributed by atoms with Gasteiger partial charge in [0.1, 0.15) is 11.9 Å². The number of hydrogen-bond donors (Lipinski definition) is 1. The normalized spacial score (nSPS) is 18.2. The average molecular weight is 245 g/mol. The highest BCUT2D eigenvalue weighted by Crippen LogP contribution is 2.32. The summed E-state index contributed by atoms with van der Waals surface area (Å²) in [5.74, 6) is 0.772. The fourth-order valence-corrected chi connectivity index (χ4v) is 2.57. The predicted molar refractivity (Wildman–Crippen MR) is 68.5 cm³/mol. The molecule has 2 aromatic rings. The van der Waals surface area contributed by atoms with Crippen LogP contribution in [0.25, 0.3) is 10.9 Å².